The van der Waals surface area contributed by atoms with Crippen LogP contribution < -0.4 is 9.47 Å². The molecule has 6 heteroatoms. The zero-order valence-electron chi connectivity index (χ0n) is 16.0. The van der Waals surface area contributed by atoms with Crippen molar-refractivity contribution in [3.63, 3.8) is 0 Å². The fourth-order valence-electron chi connectivity index (χ4n) is 3.67. The number of carbonyl (C=O) groups is 1. The molecule has 0 radical (unpaired) electrons. The summed E-state index contributed by atoms with van der Waals surface area (Å²) in [6, 6.07) is 9.60. The summed E-state index contributed by atoms with van der Waals surface area (Å²) in [6.45, 7) is 3.31. The van der Waals surface area contributed by atoms with Crippen LogP contribution in [-0.2, 0) is 4.79 Å². The average Bonchev–Trinajstić information content (AvgIpc) is 2.70. The van der Waals surface area contributed by atoms with Gasteiger partial charge in [0.05, 0.1) is 31.9 Å². The number of nitrogens with zero attached hydrogens (tertiary/aromatic N) is 2. The summed E-state index contributed by atoms with van der Waals surface area (Å²) in [5, 5.41) is 9.50. The zero-order chi connectivity index (χ0) is 19.4. The minimum absolute atomic E-state index is 0.173. The molecule has 1 fully saturated rings. The number of carboxylic acid groups (broad SMARTS) is 1. The van der Waals surface area contributed by atoms with Gasteiger partial charge in [-0.15, -0.1) is 0 Å². The Morgan fingerprint density at radius 3 is 2.70 bits per heavy atom. The second kappa shape index (κ2) is 8.39. The lowest BCUT2D eigenvalue weighted by molar-refractivity contribution is -0.143. The molecule has 3 rings (SSSR count). The highest BCUT2D eigenvalue weighted by atomic mass is 16.5. The van der Waals surface area contributed by atoms with Gasteiger partial charge in [0.15, 0.2) is 0 Å². The van der Waals surface area contributed by atoms with Crippen LogP contribution >= 0.6 is 0 Å². The van der Waals surface area contributed by atoms with Crippen LogP contribution in [0.3, 0.4) is 0 Å². The smallest absolute Gasteiger partial charge is 0.307 e. The van der Waals surface area contributed by atoms with E-state index in [0.717, 1.165) is 29.8 Å². The molecule has 2 unspecified atom stereocenters. The van der Waals surface area contributed by atoms with Gasteiger partial charge in [-0.3, -0.25) is 14.7 Å². The van der Waals surface area contributed by atoms with Gasteiger partial charge in [0, 0.05) is 24.4 Å². The minimum Gasteiger partial charge on any atom is -0.497 e. The number of rotatable bonds is 6. The number of likely N-dealkylation sites (tertiary alicyclic amines) is 1. The Balaban J connectivity index is 2.05. The largest absolute Gasteiger partial charge is 0.497 e. The molecule has 2 aromatic rings. The van der Waals surface area contributed by atoms with Crippen molar-refractivity contribution in [1.29, 1.82) is 0 Å². The summed E-state index contributed by atoms with van der Waals surface area (Å²) in [5.41, 5.74) is 2.93. The Labute approximate surface area is 159 Å². The van der Waals surface area contributed by atoms with E-state index in [-0.39, 0.29) is 12.0 Å². The van der Waals surface area contributed by atoms with E-state index in [0.29, 0.717) is 24.5 Å². The number of benzene rings is 1. The van der Waals surface area contributed by atoms with Crippen LogP contribution in [0.2, 0.25) is 0 Å². The molecule has 1 N–H and O–H groups in total. The van der Waals surface area contributed by atoms with Crippen LogP contribution in [0.25, 0.3) is 0 Å². The van der Waals surface area contributed by atoms with Crippen molar-refractivity contribution in [3.8, 4) is 11.5 Å². The van der Waals surface area contributed by atoms with Gasteiger partial charge >= 0.3 is 5.97 Å². The number of hydrogen-bond donors (Lipinski definition) is 1. The van der Waals surface area contributed by atoms with Crippen molar-refractivity contribution >= 4 is 5.97 Å². The quantitative estimate of drug-likeness (QED) is 0.841. The maximum atomic E-state index is 11.6. The minimum atomic E-state index is -0.739. The molecule has 0 aliphatic carbocycles. The first-order chi connectivity index (χ1) is 13.0. The highest BCUT2D eigenvalue weighted by molar-refractivity contribution is 5.70. The first-order valence-electron chi connectivity index (χ1n) is 9.14. The summed E-state index contributed by atoms with van der Waals surface area (Å²) in [4.78, 5) is 18.4. The van der Waals surface area contributed by atoms with Crippen LogP contribution in [0.4, 0.5) is 0 Å². The first-order valence-corrected chi connectivity index (χ1v) is 9.14. The average molecular weight is 370 g/mol. The fourth-order valence-corrected chi connectivity index (χ4v) is 3.67. The van der Waals surface area contributed by atoms with Gasteiger partial charge in [0.1, 0.15) is 11.5 Å². The van der Waals surface area contributed by atoms with Crippen LogP contribution in [-0.4, -0.2) is 48.3 Å². The molecule has 144 valence electrons. The summed E-state index contributed by atoms with van der Waals surface area (Å²) >= 11 is 0. The molecule has 1 aromatic carbocycles. The number of aliphatic carboxylic acids is 1. The van der Waals surface area contributed by atoms with Gasteiger partial charge in [0.25, 0.3) is 0 Å². The summed E-state index contributed by atoms with van der Waals surface area (Å²) in [6.07, 6.45) is 3.40. The number of piperidine rings is 1. The van der Waals surface area contributed by atoms with Crippen LogP contribution in [0.15, 0.2) is 36.5 Å². The number of hydrogen-bond acceptors (Lipinski definition) is 5. The molecule has 1 saturated heterocycles. The number of methoxy groups -OCH3 is 2. The van der Waals surface area contributed by atoms with Gasteiger partial charge in [-0.25, -0.2) is 0 Å². The second-order valence-corrected chi connectivity index (χ2v) is 6.94. The zero-order valence-corrected chi connectivity index (χ0v) is 16.0. The highest BCUT2D eigenvalue weighted by Gasteiger charge is 2.33. The molecule has 0 saturated carbocycles. The summed E-state index contributed by atoms with van der Waals surface area (Å²) in [7, 11) is 3.25. The topological polar surface area (TPSA) is 71.9 Å². The van der Waals surface area contributed by atoms with Crippen molar-refractivity contribution < 1.29 is 19.4 Å². The lowest BCUT2D eigenvalue weighted by Crippen LogP contribution is -2.41. The van der Waals surface area contributed by atoms with E-state index in [9.17, 15) is 9.90 Å². The van der Waals surface area contributed by atoms with Crippen molar-refractivity contribution in [1.82, 2.24) is 9.88 Å². The molecule has 1 aliphatic rings. The molecule has 1 aromatic heterocycles. The van der Waals surface area contributed by atoms with E-state index in [1.165, 1.54) is 0 Å². The van der Waals surface area contributed by atoms with Gasteiger partial charge in [-0.05, 0) is 50.1 Å². The van der Waals surface area contributed by atoms with Crippen molar-refractivity contribution in [2.24, 2.45) is 5.92 Å². The van der Waals surface area contributed by atoms with Gasteiger partial charge in [-0.1, -0.05) is 6.07 Å². The number of aryl methyl sites for hydroxylation is 1. The number of ether oxygens (including phenoxy) is 2. The Morgan fingerprint density at radius 2 is 2.07 bits per heavy atom. The summed E-state index contributed by atoms with van der Waals surface area (Å²) < 4.78 is 10.9. The third-order valence-electron chi connectivity index (χ3n) is 5.12. The molecular formula is C21H26N2O4. The predicted octanol–water partition coefficient (Wildman–Crippen LogP) is 3.29. The predicted molar refractivity (Wildman–Crippen MR) is 102 cm³/mol. The Hall–Kier alpha value is -2.60. The molecule has 27 heavy (non-hydrogen) atoms. The monoisotopic (exact) mass is 370 g/mol. The standard InChI is InChI=1S/C21H26N2O4/c1-14-6-9-18(22-12-14)20(23-10-4-5-15(13-23)21(24)25)17-8-7-16(26-2)11-19(17)27-3/h6-9,11-12,15,20H,4-5,10,13H2,1-3H3,(H,24,25). The normalized spacial score (nSPS) is 18.7. The van der Waals surface area contributed by atoms with Gasteiger partial charge in [0.2, 0.25) is 0 Å². The lowest BCUT2D eigenvalue weighted by atomic mass is 9.92. The fraction of sp³-hybridized carbons (Fsp3) is 0.429. The second-order valence-electron chi connectivity index (χ2n) is 6.94. The van der Waals surface area contributed by atoms with Crippen LogP contribution in [0, 0.1) is 12.8 Å². The molecule has 2 atom stereocenters. The van der Waals surface area contributed by atoms with Crippen LogP contribution in [0.5, 0.6) is 11.5 Å². The number of aromatic nitrogens is 1. The molecule has 0 spiro atoms. The lowest BCUT2D eigenvalue weighted by Gasteiger charge is -2.37. The van der Waals surface area contributed by atoms with E-state index in [2.05, 4.69) is 9.88 Å². The van der Waals surface area contributed by atoms with Crippen molar-refractivity contribution in [2.75, 3.05) is 27.3 Å². The first kappa shape index (κ1) is 19.2. The Bertz CT molecular complexity index is 791. The molecule has 0 amide bonds. The SMILES string of the molecule is COc1ccc(C(c2ccc(C)cn2)N2CCCC(C(=O)O)C2)c(OC)c1. The van der Waals surface area contributed by atoms with Crippen LogP contribution in [0.1, 0.15) is 35.7 Å². The van der Waals surface area contributed by atoms with E-state index in [1.54, 1.807) is 14.2 Å². The van der Waals surface area contributed by atoms with Gasteiger partial charge < -0.3 is 14.6 Å². The van der Waals surface area contributed by atoms with Crippen molar-refractivity contribution in [2.45, 2.75) is 25.8 Å². The number of pyridine rings is 1. The van der Waals surface area contributed by atoms with E-state index in [4.69, 9.17) is 9.47 Å². The highest BCUT2D eigenvalue weighted by Crippen LogP contribution is 2.38. The maximum Gasteiger partial charge on any atom is 0.307 e. The molecule has 2 heterocycles. The van der Waals surface area contributed by atoms with Crippen molar-refractivity contribution in [3.05, 3.63) is 53.3 Å². The molecule has 6 nitrogen and oxygen atoms in total. The molecular weight excluding hydrogens is 344 g/mol. The number of carboxylic acids is 1. The van der Waals surface area contributed by atoms with E-state index < -0.39 is 5.97 Å². The Kier molecular flexibility index (Phi) is 5.96. The maximum absolute atomic E-state index is 11.6. The molecule has 0 bridgehead atoms. The Morgan fingerprint density at radius 1 is 1.26 bits per heavy atom. The third kappa shape index (κ3) is 4.22. The van der Waals surface area contributed by atoms with E-state index >= 15 is 0 Å². The molecule has 1 aliphatic heterocycles. The van der Waals surface area contributed by atoms with Gasteiger partial charge in [-0.2, -0.15) is 0 Å². The third-order valence-corrected chi connectivity index (χ3v) is 5.12. The van der Waals surface area contributed by atoms with E-state index in [1.807, 2.05) is 43.5 Å². The summed E-state index contributed by atoms with van der Waals surface area (Å²) in [5.74, 6) is 0.320.